The second kappa shape index (κ2) is 37.8. The molecule has 0 bridgehead atoms. The predicted molar refractivity (Wildman–Crippen MR) is 190 cm³/mol. The lowest BCUT2D eigenvalue weighted by Gasteiger charge is -2.12. The third-order valence-corrected chi connectivity index (χ3v) is 7.87. The van der Waals surface area contributed by atoms with Gasteiger partial charge in [-0.15, -0.1) is 0 Å². The van der Waals surface area contributed by atoms with Gasteiger partial charge in [0.05, 0.1) is 99.1 Å². The third kappa shape index (κ3) is 32.5. The van der Waals surface area contributed by atoms with Crippen molar-refractivity contribution >= 4 is 18.0 Å². The molecule has 14 heteroatoms. The molecule has 2 amide bonds. The lowest BCUT2D eigenvalue weighted by molar-refractivity contribution is -0.177. The number of hydroxylamine groups is 2. The SMILES string of the molecule is CCCCCCCCCCCCCCCCOCCOCCOCCOCCOCCOCCOCCOCCOC(=O)ON1C(=O)CCC1=O. The number of hydrogen-bond acceptors (Lipinski definition) is 13. The molecule has 14 nitrogen and oxygen atoms in total. The van der Waals surface area contributed by atoms with E-state index in [2.05, 4.69) is 11.8 Å². The Bertz CT molecular complexity index is 788. The first kappa shape index (κ1) is 47.1. The molecular formula is C37H69NO13. The highest BCUT2D eigenvalue weighted by atomic mass is 16.8. The molecule has 1 fully saturated rings. The molecule has 0 atom stereocenters. The lowest BCUT2D eigenvalue weighted by atomic mass is 10.0. The Labute approximate surface area is 306 Å². The van der Waals surface area contributed by atoms with Crippen LogP contribution in [0.15, 0.2) is 0 Å². The molecule has 1 aliphatic heterocycles. The molecular weight excluding hydrogens is 666 g/mol. The number of ether oxygens (including phenoxy) is 9. The van der Waals surface area contributed by atoms with Gasteiger partial charge in [0, 0.05) is 19.4 Å². The molecule has 0 saturated carbocycles. The van der Waals surface area contributed by atoms with Gasteiger partial charge in [-0.25, -0.2) is 4.79 Å². The van der Waals surface area contributed by atoms with E-state index in [1.165, 1.54) is 83.5 Å². The van der Waals surface area contributed by atoms with Crippen LogP contribution in [0, 0.1) is 0 Å². The number of imide groups is 1. The molecule has 1 aliphatic rings. The number of unbranched alkanes of at least 4 members (excludes halogenated alkanes) is 13. The van der Waals surface area contributed by atoms with Gasteiger partial charge in [0.15, 0.2) is 0 Å². The van der Waals surface area contributed by atoms with Crippen molar-refractivity contribution in [3.8, 4) is 0 Å². The topological polar surface area (TPSA) is 147 Å². The quantitative estimate of drug-likeness (QED) is 0.0424. The minimum absolute atomic E-state index is 0.0225. The zero-order chi connectivity index (χ0) is 36.7. The largest absolute Gasteiger partial charge is 0.534 e. The van der Waals surface area contributed by atoms with E-state index in [1.807, 2.05) is 0 Å². The van der Waals surface area contributed by atoms with Crippen molar-refractivity contribution in [2.45, 2.75) is 110 Å². The molecule has 0 unspecified atom stereocenters. The Hall–Kier alpha value is -1.91. The average molecular weight is 736 g/mol. The molecule has 0 radical (unpaired) electrons. The number of rotatable bonds is 40. The van der Waals surface area contributed by atoms with Crippen molar-refractivity contribution in [1.82, 2.24) is 5.06 Å². The van der Waals surface area contributed by atoms with Crippen LogP contribution in [-0.4, -0.2) is 135 Å². The molecule has 1 saturated heterocycles. The van der Waals surface area contributed by atoms with E-state index in [0.717, 1.165) is 13.0 Å². The fraction of sp³-hybridized carbons (Fsp3) is 0.919. The number of hydrogen-bond donors (Lipinski definition) is 0. The van der Waals surface area contributed by atoms with Gasteiger partial charge in [-0.3, -0.25) is 14.4 Å². The van der Waals surface area contributed by atoms with Crippen LogP contribution in [0.1, 0.15) is 110 Å². The summed E-state index contributed by atoms with van der Waals surface area (Å²) in [5, 5.41) is 0.426. The fourth-order valence-electron chi connectivity index (χ4n) is 4.98. The highest BCUT2D eigenvalue weighted by Crippen LogP contribution is 2.14. The molecule has 0 aliphatic carbocycles. The Balaban J connectivity index is 1.63. The summed E-state index contributed by atoms with van der Waals surface area (Å²) >= 11 is 0. The van der Waals surface area contributed by atoms with E-state index in [9.17, 15) is 14.4 Å². The van der Waals surface area contributed by atoms with Crippen LogP contribution in [0.2, 0.25) is 0 Å². The highest BCUT2D eigenvalue weighted by molar-refractivity contribution is 6.01. The first-order valence-electron chi connectivity index (χ1n) is 19.5. The minimum atomic E-state index is -1.13. The molecule has 0 aromatic carbocycles. The van der Waals surface area contributed by atoms with Gasteiger partial charge in [-0.2, -0.15) is 0 Å². The van der Waals surface area contributed by atoms with Gasteiger partial charge in [0.1, 0.15) is 6.61 Å². The Morgan fingerprint density at radius 2 is 0.686 bits per heavy atom. The van der Waals surface area contributed by atoms with Crippen molar-refractivity contribution in [2.75, 3.05) is 112 Å². The van der Waals surface area contributed by atoms with Gasteiger partial charge in [0.25, 0.3) is 11.8 Å². The van der Waals surface area contributed by atoms with Gasteiger partial charge < -0.3 is 42.6 Å². The van der Waals surface area contributed by atoms with Crippen LogP contribution in [0.25, 0.3) is 0 Å². The zero-order valence-electron chi connectivity index (χ0n) is 31.6. The van der Waals surface area contributed by atoms with Crippen LogP contribution >= 0.6 is 0 Å². The summed E-state index contributed by atoms with van der Waals surface area (Å²) in [6.07, 6.45) is 18.0. The second-order valence-corrected chi connectivity index (χ2v) is 12.3. The smallest absolute Gasteiger partial charge is 0.430 e. The Morgan fingerprint density at radius 3 is 1.02 bits per heavy atom. The van der Waals surface area contributed by atoms with Crippen molar-refractivity contribution < 1.29 is 61.9 Å². The van der Waals surface area contributed by atoms with Gasteiger partial charge in [-0.1, -0.05) is 95.5 Å². The molecule has 0 aromatic heterocycles. The van der Waals surface area contributed by atoms with Gasteiger partial charge >= 0.3 is 6.16 Å². The van der Waals surface area contributed by atoms with Gasteiger partial charge in [0.2, 0.25) is 0 Å². The van der Waals surface area contributed by atoms with E-state index in [-0.39, 0.29) is 26.1 Å². The average Bonchev–Trinajstić information content (AvgIpc) is 3.44. The number of nitrogens with zero attached hydrogens (tertiary/aromatic N) is 1. The van der Waals surface area contributed by atoms with Crippen molar-refractivity contribution in [1.29, 1.82) is 0 Å². The van der Waals surface area contributed by atoms with Crippen LogP contribution < -0.4 is 0 Å². The van der Waals surface area contributed by atoms with Crippen LogP contribution in [-0.2, 0) is 57.1 Å². The minimum Gasteiger partial charge on any atom is -0.430 e. The molecule has 0 N–H and O–H groups in total. The molecule has 1 heterocycles. The predicted octanol–water partition coefficient (Wildman–Crippen LogP) is 5.82. The number of amides is 2. The first-order valence-corrected chi connectivity index (χ1v) is 19.5. The summed E-state index contributed by atoms with van der Waals surface area (Å²) in [5.41, 5.74) is 0. The Morgan fingerprint density at radius 1 is 0.412 bits per heavy atom. The molecule has 300 valence electrons. The normalized spacial score (nSPS) is 13.1. The van der Waals surface area contributed by atoms with E-state index < -0.39 is 18.0 Å². The second-order valence-electron chi connectivity index (χ2n) is 12.3. The standard InChI is InChI=1S/C37H69NO13/c1-2-3-4-5-6-7-8-9-10-11-12-13-14-15-18-42-19-20-43-21-22-44-23-24-45-25-26-46-27-28-47-29-30-48-31-32-49-33-34-50-37(41)51-38-35(39)16-17-36(38)40/h2-34H2,1H3. The highest BCUT2D eigenvalue weighted by Gasteiger charge is 2.33. The summed E-state index contributed by atoms with van der Waals surface area (Å²) in [4.78, 5) is 38.8. The van der Waals surface area contributed by atoms with Crippen LogP contribution in [0.3, 0.4) is 0 Å². The van der Waals surface area contributed by atoms with E-state index in [1.54, 1.807) is 0 Å². The number of carbonyl (C=O) groups is 3. The lowest BCUT2D eigenvalue weighted by Crippen LogP contribution is -2.32. The maximum Gasteiger partial charge on any atom is 0.534 e. The van der Waals surface area contributed by atoms with Crippen LogP contribution in [0.5, 0.6) is 0 Å². The maximum atomic E-state index is 11.5. The number of carbonyl (C=O) groups excluding carboxylic acids is 3. The summed E-state index contributed by atoms with van der Waals surface area (Å²) in [6, 6.07) is 0. The van der Waals surface area contributed by atoms with E-state index in [0.29, 0.717) is 97.6 Å². The molecule has 0 spiro atoms. The van der Waals surface area contributed by atoms with Crippen LogP contribution in [0.4, 0.5) is 4.79 Å². The Kier molecular flexibility index (Phi) is 34.9. The van der Waals surface area contributed by atoms with E-state index in [4.69, 9.17) is 42.6 Å². The monoisotopic (exact) mass is 735 g/mol. The molecule has 51 heavy (non-hydrogen) atoms. The van der Waals surface area contributed by atoms with Crippen molar-refractivity contribution in [2.24, 2.45) is 0 Å². The fourth-order valence-corrected chi connectivity index (χ4v) is 4.98. The summed E-state index contributed by atoms with van der Waals surface area (Å²) in [5.74, 6) is -1.13. The maximum absolute atomic E-state index is 11.5. The van der Waals surface area contributed by atoms with Crippen molar-refractivity contribution in [3.63, 3.8) is 0 Å². The summed E-state index contributed by atoms with van der Waals surface area (Å²) in [6.45, 7) is 9.85. The van der Waals surface area contributed by atoms with Gasteiger partial charge in [-0.05, 0) is 6.42 Å². The molecule has 1 rings (SSSR count). The third-order valence-electron chi connectivity index (χ3n) is 7.87. The molecule has 0 aromatic rings. The zero-order valence-corrected chi connectivity index (χ0v) is 31.6. The summed E-state index contributed by atoms with van der Waals surface area (Å²) in [7, 11) is 0. The van der Waals surface area contributed by atoms with Crippen molar-refractivity contribution in [3.05, 3.63) is 0 Å². The summed E-state index contributed by atoms with van der Waals surface area (Å²) < 4.78 is 48.6. The first-order chi connectivity index (χ1) is 25.1. The van der Waals surface area contributed by atoms with E-state index >= 15 is 0 Å².